The minimum absolute atomic E-state index is 0.00833. The van der Waals surface area contributed by atoms with Gasteiger partial charge in [-0.2, -0.15) is 0 Å². The van der Waals surface area contributed by atoms with Gasteiger partial charge in [-0.3, -0.25) is 9.00 Å². The summed E-state index contributed by atoms with van der Waals surface area (Å²) in [4.78, 5) is 23.4. The molecule has 7 heteroatoms. The number of carbonyl (C=O) groups excluding carboxylic acids is 2. The van der Waals surface area contributed by atoms with E-state index in [1.165, 1.54) is 12.1 Å². The monoisotopic (exact) mass is 370 g/mol. The minimum Gasteiger partial charge on any atom is -0.772 e. The van der Waals surface area contributed by atoms with Crippen LogP contribution in [0.1, 0.15) is 21.5 Å². The largest absolute Gasteiger partial charge is 0.772 e. The van der Waals surface area contributed by atoms with Crippen LogP contribution in [0.25, 0.3) is 0 Å². The van der Waals surface area contributed by atoms with E-state index in [4.69, 9.17) is 4.74 Å². The second-order valence-corrected chi connectivity index (χ2v) is 6.09. The van der Waals surface area contributed by atoms with Crippen LogP contribution in [0, 0.1) is 11.8 Å². The van der Waals surface area contributed by atoms with E-state index in [9.17, 15) is 18.4 Å². The number of ether oxygens (including phenoxy) is 1. The van der Waals surface area contributed by atoms with Crippen LogP contribution >= 0.6 is 0 Å². The highest BCUT2D eigenvalue weighted by atomic mass is 32.2. The Morgan fingerprint density at radius 3 is 2.38 bits per heavy atom. The highest BCUT2D eigenvalue weighted by Crippen LogP contribution is 2.06. The van der Waals surface area contributed by atoms with Gasteiger partial charge in [0, 0.05) is 17.2 Å². The zero-order valence-electron chi connectivity index (χ0n) is 13.8. The molecule has 0 saturated heterocycles. The molecule has 2 aromatic carbocycles. The van der Waals surface area contributed by atoms with E-state index in [0.717, 1.165) is 5.56 Å². The van der Waals surface area contributed by atoms with E-state index in [1.54, 1.807) is 12.1 Å². The average Bonchev–Trinajstić information content (AvgIpc) is 2.64. The highest BCUT2D eigenvalue weighted by molar-refractivity contribution is 7.78. The van der Waals surface area contributed by atoms with Gasteiger partial charge in [0.1, 0.15) is 6.61 Å². The number of hydrogen-bond acceptors (Lipinski definition) is 5. The number of amides is 1. The molecular formula is C19H16NO5S-. The van der Waals surface area contributed by atoms with E-state index < -0.39 is 17.0 Å². The zero-order chi connectivity index (χ0) is 18.8. The number of rotatable bonds is 6. The van der Waals surface area contributed by atoms with Crippen molar-refractivity contribution in [3.05, 3.63) is 71.3 Å². The maximum absolute atomic E-state index is 11.9. The quantitative estimate of drug-likeness (QED) is 0.360. The first-order chi connectivity index (χ1) is 12.5. The third kappa shape index (κ3) is 6.89. The van der Waals surface area contributed by atoms with Gasteiger partial charge in [-0.05, 0) is 23.3 Å². The molecule has 0 aromatic heterocycles. The van der Waals surface area contributed by atoms with E-state index >= 15 is 0 Å². The summed E-state index contributed by atoms with van der Waals surface area (Å²) >= 11 is -2.17. The van der Waals surface area contributed by atoms with Crippen LogP contribution in [0.2, 0.25) is 0 Å². The Bertz CT molecular complexity index is 838. The lowest BCUT2D eigenvalue weighted by molar-refractivity contribution is -0.137. The average molecular weight is 370 g/mol. The summed E-state index contributed by atoms with van der Waals surface area (Å²) in [5, 5.41) is 2.55. The molecule has 0 bridgehead atoms. The number of nitrogens with one attached hydrogen (secondary N) is 1. The number of benzene rings is 2. The Balaban J connectivity index is 1.75. The normalized spacial score (nSPS) is 11.0. The van der Waals surface area contributed by atoms with Crippen molar-refractivity contribution in [2.75, 3.05) is 6.54 Å². The Labute approximate surface area is 153 Å². The fourth-order valence-corrected chi connectivity index (χ4v) is 2.46. The SMILES string of the molecule is O=C(C#CCNC(=O)c1ccc(CS(=O)[O-])cc1)OCc1ccccc1. The molecule has 0 fully saturated rings. The number of hydrogen-bond donors (Lipinski definition) is 1. The molecule has 134 valence electrons. The third-order valence-corrected chi connectivity index (χ3v) is 3.81. The maximum Gasteiger partial charge on any atom is 0.384 e. The minimum atomic E-state index is -2.17. The van der Waals surface area contributed by atoms with Crippen molar-refractivity contribution >= 4 is 23.0 Å². The smallest absolute Gasteiger partial charge is 0.384 e. The van der Waals surface area contributed by atoms with E-state index in [0.29, 0.717) is 11.1 Å². The van der Waals surface area contributed by atoms with Crippen LogP contribution in [0.4, 0.5) is 0 Å². The molecule has 2 aromatic rings. The standard InChI is InChI=1S/C19H17NO5S/c21-18(25-13-15-5-2-1-3-6-15)7-4-12-20-19(22)17-10-8-16(9-11-17)14-26(23)24/h1-3,5-6,8-11H,12-14H2,(H,20,22)(H,23,24)/p-1. The van der Waals surface area contributed by atoms with Crippen molar-refractivity contribution < 1.29 is 23.1 Å². The Hall–Kier alpha value is -2.95. The van der Waals surface area contributed by atoms with Crippen LogP contribution < -0.4 is 5.32 Å². The first-order valence-corrected chi connectivity index (χ1v) is 8.91. The lowest BCUT2D eigenvalue weighted by atomic mass is 10.1. The molecule has 6 nitrogen and oxygen atoms in total. The van der Waals surface area contributed by atoms with Crippen molar-refractivity contribution in [2.24, 2.45) is 0 Å². The summed E-state index contributed by atoms with van der Waals surface area (Å²) in [6.45, 7) is 0.132. The van der Waals surface area contributed by atoms with Gasteiger partial charge in [-0.15, -0.1) is 0 Å². The first-order valence-electron chi connectivity index (χ1n) is 7.67. The second kappa shape index (κ2) is 10.1. The molecule has 1 atom stereocenters. The van der Waals surface area contributed by atoms with Crippen molar-refractivity contribution in [1.29, 1.82) is 0 Å². The van der Waals surface area contributed by atoms with Gasteiger partial charge in [0.25, 0.3) is 5.91 Å². The predicted octanol–water partition coefficient (Wildman–Crippen LogP) is 1.54. The van der Waals surface area contributed by atoms with Crippen molar-refractivity contribution in [3.63, 3.8) is 0 Å². The van der Waals surface area contributed by atoms with E-state index in [1.807, 2.05) is 30.3 Å². The number of esters is 1. The molecule has 0 saturated carbocycles. The second-order valence-electron chi connectivity index (χ2n) is 5.19. The van der Waals surface area contributed by atoms with Gasteiger partial charge >= 0.3 is 5.97 Å². The van der Waals surface area contributed by atoms with Gasteiger partial charge < -0.3 is 14.6 Å². The number of carbonyl (C=O) groups is 2. The summed E-state index contributed by atoms with van der Waals surface area (Å²) in [7, 11) is 0. The molecule has 1 amide bonds. The van der Waals surface area contributed by atoms with Crippen LogP contribution in [0.5, 0.6) is 0 Å². The van der Waals surface area contributed by atoms with Gasteiger partial charge in [-0.1, -0.05) is 59.5 Å². The summed E-state index contributed by atoms with van der Waals surface area (Å²) < 4.78 is 26.2. The first kappa shape index (κ1) is 19.4. The van der Waals surface area contributed by atoms with Crippen LogP contribution in [0.3, 0.4) is 0 Å². The van der Waals surface area contributed by atoms with Gasteiger partial charge in [0.05, 0.1) is 6.54 Å². The zero-order valence-corrected chi connectivity index (χ0v) is 14.6. The molecule has 0 heterocycles. The molecule has 0 aliphatic heterocycles. The summed E-state index contributed by atoms with van der Waals surface area (Å²) in [5.41, 5.74) is 1.83. The third-order valence-electron chi connectivity index (χ3n) is 3.24. The van der Waals surface area contributed by atoms with Crippen LogP contribution in [0.15, 0.2) is 54.6 Å². The predicted molar refractivity (Wildman–Crippen MR) is 95.4 cm³/mol. The van der Waals surface area contributed by atoms with Crippen molar-refractivity contribution in [2.45, 2.75) is 12.4 Å². The Morgan fingerprint density at radius 2 is 1.73 bits per heavy atom. The highest BCUT2D eigenvalue weighted by Gasteiger charge is 2.04. The van der Waals surface area contributed by atoms with Gasteiger partial charge in [-0.25, -0.2) is 4.79 Å². The molecule has 0 aliphatic carbocycles. The molecule has 0 spiro atoms. The van der Waals surface area contributed by atoms with Crippen LogP contribution in [-0.2, 0) is 33.0 Å². The molecule has 1 N–H and O–H groups in total. The van der Waals surface area contributed by atoms with Gasteiger partial charge in [0.15, 0.2) is 0 Å². The molecule has 2 rings (SSSR count). The fourth-order valence-electron chi connectivity index (χ4n) is 1.99. The van der Waals surface area contributed by atoms with Crippen LogP contribution in [-0.4, -0.2) is 27.2 Å². The molecule has 0 aliphatic rings. The lowest BCUT2D eigenvalue weighted by Crippen LogP contribution is -2.23. The lowest BCUT2D eigenvalue weighted by Gasteiger charge is -2.06. The molecule has 1 unspecified atom stereocenters. The molecule has 26 heavy (non-hydrogen) atoms. The fraction of sp³-hybridized carbons (Fsp3) is 0.158. The Morgan fingerprint density at radius 1 is 1.04 bits per heavy atom. The molecular weight excluding hydrogens is 354 g/mol. The maximum atomic E-state index is 11.9. The van der Waals surface area contributed by atoms with E-state index in [-0.39, 0.29) is 24.8 Å². The topological polar surface area (TPSA) is 95.5 Å². The van der Waals surface area contributed by atoms with Gasteiger partial charge in [0.2, 0.25) is 0 Å². The summed E-state index contributed by atoms with van der Waals surface area (Å²) in [5.74, 6) is 3.68. The summed E-state index contributed by atoms with van der Waals surface area (Å²) in [6.07, 6.45) is 0. The molecule has 0 radical (unpaired) electrons. The Kier molecular flexibility index (Phi) is 7.55. The van der Waals surface area contributed by atoms with E-state index in [2.05, 4.69) is 17.2 Å². The van der Waals surface area contributed by atoms with Crippen molar-refractivity contribution in [1.82, 2.24) is 5.32 Å². The summed E-state index contributed by atoms with van der Waals surface area (Å²) in [6, 6.07) is 15.4. The van der Waals surface area contributed by atoms with Crippen molar-refractivity contribution in [3.8, 4) is 11.8 Å².